The maximum absolute atomic E-state index is 11.4. The van der Waals surface area contributed by atoms with Gasteiger partial charge in [-0.2, -0.15) is 0 Å². The lowest BCUT2D eigenvalue weighted by atomic mass is 9.95. The lowest BCUT2D eigenvalue weighted by Gasteiger charge is -2.21. The third-order valence-corrected chi connectivity index (χ3v) is 4.23. The molecule has 2 unspecified atom stereocenters. The predicted octanol–water partition coefficient (Wildman–Crippen LogP) is 2.77. The summed E-state index contributed by atoms with van der Waals surface area (Å²) in [5, 5.41) is 0. The minimum atomic E-state index is -0.173. The van der Waals surface area contributed by atoms with Crippen molar-refractivity contribution in [1.29, 1.82) is 0 Å². The van der Waals surface area contributed by atoms with Gasteiger partial charge in [-0.05, 0) is 17.9 Å². The van der Waals surface area contributed by atoms with E-state index in [-0.39, 0.29) is 5.97 Å². The number of fused-ring (bicyclic) bond motifs is 1. The first-order valence-corrected chi connectivity index (χ1v) is 7.37. The Morgan fingerprint density at radius 1 is 1.38 bits per heavy atom. The first-order chi connectivity index (χ1) is 10.2. The number of esters is 1. The van der Waals surface area contributed by atoms with E-state index in [4.69, 9.17) is 4.74 Å². The number of benzene rings is 1. The van der Waals surface area contributed by atoms with Gasteiger partial charge in [0.05, 0.1) is 19.6 Å². The van der Waals surface area contributed by atoms with Gasteiger partial charge in [0.1, 0.15) is 5.82 Å². The molecule has 1 aromatic heterocycles. The Bertz CT molecular complexity index is 633. The largest absolute Gasteiger partial charge is 0.469 e. The number of ether oxygens (including phenoxy) is 1. The van der Waals surface area contributed by atoms with Gasteiger partial charge in [-0.3, -0.25) is 4.79 Å². The molecule has 2 atom stereocenters. The molecule has 3 rings (SSSR count). The molecule has 0 amide bonds. The minimum absolute atomic E-state index is 0.173. The molecule has 0 saturated heterocycles. The molecule has 0 radical (unpaired) electrons. The van der Waals surface area contributed by atoms with E-state index >= 15 is 0 Å². The fraction of sp³-hybridized carbons (Fsp3) is 0.412. The second-order valence-electron chi connectivity index (χ2n) is 5.65. The van der Waals surface area contributed by atoms with Crippen LogP contribution in [0.5, 0.6) is 0 Å². The molecule has 110 valence electrons. The summed E-state index contributed by atoms with van der Waals surface area (Å²) < 4.78 is 7.04. The van der Waals surface area contributed by atoms with Crippen LogP contribution in [0.2, 0.25) is 0 Å². The molecule has 0 aliphatic carbocycles. The van der Waals surface area contributed by atoms with Crippen LogP contribution < -0.4 is 0 Å². The quantitative estimate of drug-likeness (QED) is 0.811. The SMILES string of the molecule is COC(=O)CCc1cnc2n1C(c1ccccc1)C(C)C2. The van der Waals surface area contributed by atoms with Crippen LogP contribution in [0, 0.1) is 5.92 Å². The molecule has 4 heteroatoms. The van der Waals surface area contributed by atoms with Gasteiger partial charge in [0.15, 0.2) is 0 Å². The fourth-order valence-electron chi connectivity index (χ4n) is 3.23. The second kappa shape index (κ2) is 5.72. The standard InChI is InChI=1S/C17H20N2O2/c1-12-10-15-18-11-14(8-9-16(20)21-2)19(15)17(12)13-6-4-3-5-7-13/h3-7,11-12,17H,8-10H2,1-2H3. The summed E-state index contributed by atoms with van der Waals surface area (Å²) in [6.45, 7) is 2.26. The zero-order valence-electron chi connectivity index (χ0n) is 12.5. The maximum atomic E-state index is 11.4. The Hall–Kier alpha value is -2.10. The number of hydrogen-bond acceptors (Lipinski definition) is 3. The number of aromatic nitrogens is 2. The molecule has 21 heavy (non-hydrogen) atoms. The number of carbonyl (C=O) groups excluding carboxylic acids is 1. The van der Waals surface area contributed by atoms with E-state index in [1.807, 2.05) is 12.3 Å². The van der Waals surface area contributed by atoms with Crippen molar-refractivity contribution in [1.82, 2.24) is 9.55 Å². The highest BCUT2D eigenvalue weighted by molar-refractivity contribution is 5.69. The summed E-state index contributed by atoms with van der Waals surface area (Å²) in [6.07, 6.45) is 3.96. The van der Waals surface area contributed by atoms with Crippen LogP contribution in [-0.4, -0.2) is 22.6 Å². The van der Waals surface area contributed by atoms with Crippen LogP contribution >= 0.6 is 0 Å². The Labute approximate surface area is 124 Å². The maximum Gasteiger partial charge on any atom is 0.305 e. The molecule has 0 bridgehead atoms. The lowest BCUT2D eigenvalue weighted by molar-refractivity contribution is -0.140. The van der Waals surface area contributed by atoms with Crippen molar-refractivity contribution in [2.24, 2.45) is 5.92 Å². The summed E-state index contributed by atoms with van der Waals surface area (Å²) in [5.41, 5.74) is 2.43. The molecule has 2 heterocycles. The van der Waals surface area contributed by atoms with Crippen molar-refractivity contribution in [3.8, 4) is 0 Å². The van der Waals surface area contributed by atoms with Crippen molar-refractivity contribution in [2.75, 3.05) is 7.11 Å². The monoisotopic (exact) mass is 284 g/mol. The highest BCUT2D eigenvalue weighted by Gasteiger charge is 2.32. The van der Waals surface area contributed by atoms with Crippen molar-refractivity contribution < 1.29 is 9.53 Å². The topological polar surface area (TPSA) is 44.1 Å². The molecule has 0 N–H and O–H groups in total. The van der Waals surface area contributed by atoms with Crippen molar-refractivity contribution in [2.45, 2.75) is 32.2 Å². The predicted molar refractivity (Wildman–Crippen MR) is 80.0 cm³/mol. The zero-order valence-corrected chi connectivity index (χ0v) is 12.5. The minimum Gasteiger partial charge on any atom is -0.469 e. The molecule has 0 spiro atoms. The number of nitrogens with zero attached hydrogens (tertiary/aromatic N) is 2. The lowest BCUT2D eigenvalue weighted by Crippen LogP contribution is -2.15. The van der Waals surface area contributed by atoms with Gasteiger partial charge in [0, 0.05) is 18.3 Å². The van der Waals surface area contributed by atoms with Gasteiger partial charge in [0.2, 0.25) is 0 Å². The number of methoxy groups -OCH3 is 1. The molecule has 0 saturated carbocycles. The normalized spacial score (nSPS) is 20.3. The summed E-state index contributed by atoms with van der Waals surface area (Å²) in [6, 6.07) is 10.8. The van der Waals surface area contributed by atoms with E-state index < -0.39 is 0 Å². The average Bonchev–Trinajstić information content (AvgIpc) is 3.03. The van der Waals surface area contributed by atoms with E-state index in [0.717, 1.165) is 17.9 Å². The Morgan fingerprint density at radius 3 is 2.86 bits per heavy atom. The number of rotatable bonds is 4. The van der Waals surface area contributed by atoms with Crippen LogP contribution in [0.15, 0.2) is 36.5 Å². The van der Waals surface area contributed by atoms with Gasteiger partial charge in [-0.15, -0.1) is 0 Å². The molecule has 1 aliphatic rings. The van der Waals surface area contributed by atoms with Gasteiger partial charge in [0.25, 0.3) is 0 Å². The van der Waals surface area contributed by atoms with E-state index in [1.54, 1.807) is 0 Å². The van der Waals surface area contributed by atoms with Crippen molar-refractivity contribution >= 4 is 5.97 Å². The number of hydrogen-bond donors (Lipinski definition) is 0. The zero-order chi connectivity index (χ0) is 14.8. The van der Waals surface area contributed by atoms with E-state index in [9.17, 15) is 4.79 Å². The van der Waals surface area contributed by atoms with Crippen LogP contribution in [-0.2, 0) is 22.4 Å². The van der Waals surface area contributed by atoms with Crippen LogP contribution in [0.25, 0.3) is 0 Å². The molecule has 1 aliphatic heterocycles. The Morgan fingerprint density at radius 2 is 2.14 bits per heavy atom. The van der Waals surface area contributed by atoms with Crippen LogP contribution in [0.3, 0.4) is 0 Å². The third-order valence-electron chi connectivity index (χ3n) is 4.23. The number of imidazole rings is 1. The van der Waals surface area contributed by atoms with Gasteiger partial charge < -0.3 is 9.30 Å². The number of aryl methyl sites for hydroxylation is 1. The van der Waals surface area contributed by atoms with E-state index in [2.05, 4.69) is 40.7 Å². The molecule has 0 fully saturated rings. The average molecular weight is 284 g/mol. The van der Waals surface area contributed by atoms with Crippen LogP contribution in [0.1, 0.15) is 36.5 Å². The van der Waals surface area contributed by atoms with E-state index in [0.29, 0.717) is 24.8 Å². The molecule has 1 aromatic carbocycles. The van der Waals surface area contributed by atoms with Crippen molar-refractivity contribution in [3.63, 3.8) is 0 Å². The summed E-state index contributed by atoms with van der Waals surface area (Å²) in [7, 11) is 1.43. The molecular weight excluding hydrogens is 264 g/mol. The number of carbonyl (C=O) groups is 1. The van der Waals surface area contributed by atoms with E-state index in [1.165, 1.54) is 12.7 Å². The highest BCUT2D eigenvalue weighted by Crippen LogP contribution is 2.37. The summed E-state index contributed by atoms with van der Waals surface area (Å²) in [5.74, 6) is 1.47. The molecule has 2 aromatic rings. The first-order valence-electron chi connectivity index (χ1n) is 7.37. The van der Waals surface area contributed by atoms with Gasteiger partial charge in [-0.25, -0.2) is 4.98 Å². The van der Waals surface area contributed by atoms with Gasteiger partial charge in [-0.1, -0.05) is 37.3 Å². The third kappa shape index (κ3) is 2.58. The highest BCUT2D eigenvalue weighted by atomic mass is 16.5. The van der Waals surface area contributed by atoms with Crippen LogP contribution in [0.4, 0.5) is 0 Å². The second-order valence-corrected chi connectivity index (χ2v) is 5.65. The summed E-state index contributed by atoms with van der Waals surface area (Å²) in [4.78, 5) is 15.9. The molecular formula is C17H20N2O2. The molecule has 4 nitrogen and oxygen atoms in total. The first kappa shape index (κ1) is 13.9. The Balaban J connectivity index is 1.90. The smallest absolute Gasteiger partial charge is 0.305 e. The summed E-state index contributed by atoms with van der Waals surface area (Å²) >= 11 is 0. The van der Waals surface area contributed by atoms with Gasteiger partial charge >= 0.3 is 5.97 Å². The fourth-order valence-corrected chi connectivity index (χ4v) is 3.23. The van der Waals surface area contributed by atoms with Crippen molar-refractivity contribution in [3.05, 3.63) is 53.6 Å². The Kier molecular flexibility index (Phi) is 3.78.